The smallest absolute Gasteiger partial charge is 0.234 e. The molecule has 0 aliphatic carbocycles. The first kappa shape index (κ1) is 12.7. The van der Waals surface area contributed by atoms with E-state index >= 15 is 0 Å². The fourth-order valence-electron chi connectivity index (χ4n) is 1.46. The SMILES string of the molecule is CN(C)NC(=O)CCC(N)c1ccccc1. The number of hydrogen-bond acceptors (Lipinski definition) is 3. The second-order valence-corrected chi connectivity index (χ2v) is 3.99. The molecule has 0 aliphatic heterocycles. The van der Waals surface area contributed by atoms with E-state index in [1.54, 1.807) is 19.1 Å². The number of amides is 1. The molecule has 16 heavy (non-hydrogen) atoms. The predicted octanol–water partition coefficient (Wildman–Crippen LogP) is 1.06. The Hall–Kier alpha value is -1.39. The van der Waals surface area contributed by atoms with Gasteiger partial charge in [-0.1, -0.05) is 30.3 Å². The Morgan fingerprint density at radius 1 is 1.38 bits per heavy atom. The van der Waals surface area contributed by atoms with Crippen LogP contribution >= 0.6 is 0 Å². The van der Waals surface area contributed by atoms with Crippen LogP contribution in [-0.2, 0) is 4.79 Å². The molecule has 4 nitrogen and oxygen atoms in total. The van der Waals surface area contributed by atoms with E-state index in [4.69, 9.17) is 5.73 Å². The Bertz CT molecular complexity index is 324. The van der Waals surface area contributed by atoms with Gasteiger partial charge in [0.1, 0.15) is 0 Å². The van der Waals surface area contributed by atoms with Crippen LogP contribution in [0.15, 0.2) is 30.3 Å². The maximum absolute atomic E-state index is 11.4. The van der Waals surface area contributed by atoms with Crippen LogP contribution in [0.5, 0.6) is 0 Å². The lowest BCUT2D eigenvalue weighted by atomic mass is 10.0. The molecule has 1 amide bonds. The molecule has 0 spiro atoms. The molecule has 3 N–H and O–H groups in total. The van der Waals surface area contributed by atoms with Crippen LogP contribution in [-0.4, -0.2) is 25.0 Å². The van der Waals surface area contributed by atoms with Gasteiger partial charge >= 0.3 is 0 Å². The Kier molecular flexibility index (Phi) is 4.95. The minimum atomic E-state index is -0.0749. The van der Waals surface area contributed by atoms with Gasteiger partial charge in [-0.25, -0.2) is 5.01 Å². The summed E-state index contributed by atoms with van der Waals surface area (Å²) in [5.41, 5.74) is 9.74. The zero-order chi connectivity index (χ0) is 12.0. The van der Waals surface area contributed by atoms with Gasteiger partial charge < -0.3 is 5.73 Å². The maximum atomic E-state index is 11.4. The summed E-state index contributed by atoms with van der Waals surface area (Å²) in [6.07, 6.45) is 1.10. The number of rotatable bonds is 5. The van der Waals surface area contributed by atoms with E-state index in [1.165, 1.54) is 0 Å². The highest BCUT2D eigenvalue weighted by molar-refractivity contribution is 5.75. The van der Waals surface area contributed by atoms with Gasteiger partial charge in [0.2, 0.25) is 5.91 Å². The maximum Gasteiger partial charge on any atom is 0.234 e. The molecule has 1 rings (SSSR count). The second-order valence-electron chi connectivity index (χ2n) is 3.99. The fraction of sp³-hybridized carbons (Fsp3) is 0.417. The van der Waals surface area contributed by atoms with Crippen molar-refractivity contribution < 1.29 is 4.79 Å². The van der Waals surface area contributed by atoms with Crippen molar-refractivity contribution in [3.63, 3.8) is 0 Å². The number of hydrogen-bond donors (Lipinski definition) is 2. The third-order valence-electron chi connectivity index (χ3n) is 2.26. The molecular formula is C12H19N3O. The van der Waals surface area contributed by atoms with Crippen molar-refractivity contribution in [1.29, 1.82) is 0 Å². The summed E-state index contributed by atoms with van der Waals surface area (Å²) >= 11 is 0. The second kappa shape index (κ2) is 6.25. The Morgan fingerprint density at radius 3 is 2.56 bits per heavy atom. The van der Waals surface area contributed by atoms with E-state index in [0.29, 0.717) is 12.8 Å². The summed E-state index contributed by atoms with van der Waals surface area (Å²) in [5, 5.41) is 1.64. The number of carbonyl (C=O) groups excluding carboxylic acids is 1. The Balaban J connectivity index is 2.36. The minimum absolute atomic E-state index is 0.00335. The van der Waals surface area contributed by atoms with Crippen molar-refractivity contribution in [2.24, 2.45) is 5.73 Å². The van der Waals surface area contributed by atoms with Crippen LogP contribution in [0.25, 0.3) is 0 Å². The van der Waals surface area contributed by atoms with E-state index in [0.717, 1.165) is 5.56 Å². The van der Waals surface area contributed by atoms with Crippen molar-refractivity contribution in [3.05, 3.63) is 35.9 Å². The lowest BCUT2D eigenvalue weighted by Crippen LogP contribution is -2.36. The standard InChI is InChI=1S/C12H19N3O/c1-15(2)14-12(16)9-8-11(13)10-6-4-3-5-7-10/h3-7,11H,8-9,13H2,1-2H3,(H,14,16). The van der Waals surface area contributed by atoms with Gasteiger partial charge in [0.25, 0.3) is 0 Å². The summed E-state index contributed by atoms with van der Waals surface area (Å²) in [6.45, 7) is 0. The van der Waals surface area contributed by atoms with Crippen molar-refractivity contribution in [2.75, 3.05) is 14.1 Å². The first-order chi connectivity index (χ1) is 7.59. The van der Waals surface area contributed by atoms with Gasteiger partial charge in [-0.3, -0.25) is 10.2 Å². The number of nitrogens with one attached hydrogen (secondary N) is 1. The van der Waals surface area contributed by atoms with Crippen molar-refractivity contribution in [1.82, 2.24) is 10.4 Å². The monoisotopic (exact) mass is 221 g/mol. The molecule has 1 atom stereocenters. The molecule has 88 valence electrons. The van der Waals surface area contributed by atoms with Gasteiger partial charge in [0, 0.05) is 26.6 Å². The quantitative estimate of drug-likeness (QED) is 0.731. The van der Waals surface area contributed by atoms with Crippen LogP contribution in [0.2, 0.25) is 0 Å². The van der Waals surface area contributed by atoms with E-state index in [1.807, 2.05) is 30.3 Å². The van der Waals surface area contributed by atoms with Gasteiger partial charge in [0.15, 0.2) is 0 Å². The number of hydrazine groups is 1. The number of benzene rings is 1. The topological polar surface area (TPSA) is 58.4 Å². The molecule has 1 aromatic rings. The van der Waals surface area contributed by atoms with Gasteiger partial charge in [-0.2, -0.15) is 0 Å². The van der Waals surface area contributed by atoms with E-state index in [-0.39, 0.29) is 11.9 Å². The van der Waals surface area contributed by atoms with Crippen molar-refractivity contribution in [2.45, 2.75) is 18.9 Å². The highest BCUT2D eigenvalue weighted by Crippen LogP contribution is 2.14. The largest absolute Gasteiger partial charge is 0.324 e. The molecule has 0 radical (unpaired) electrons. The first-order valence-electron chi connectivity index (χ1n) is 5.37. The molecule has 0 heterocycles. The van der Waals surface area contributed by atoms with Gasteiger partial charge in [-0.15, -0.1) is 0 Å². The summed E-state index contributed by atoms with van der Waals surface area (Å²) in [5.74, 6) is -0.00335. The molecule has 4 heteroatoms. The molecule has 0 fully saturated rings. The Labute approximate surface area is 96.4 Å². The molecule has 0 aromatic heterocycles. The van der Waals surface area contributed by atoms with E-state index in [9.17, 15) is 4.79 Å². The van der Waals surface area contributed by atoms with Gasteiger partial charge in [0.05, 0.1) is 0 Å². The summed E-state index contributed by atoms with van der Waals surface area (Å²) in [7, 11) is 3.57. The fourth-order valence-corrected chi connectivity index (χ4v) is 1.46. The molecule has 0 aliphatic rings. The molecular weight excluding hydrogens is 202 g/mol. The number of nitrogens with two attached hydrogens (primary N) is 1. The van der Waals surface area contributed by atoms with E-state index < -0.39 is 0 Å². The Morgan fingerprint density at radius 2 is 2.00 bits per heavy atom. The summed E-state index contributed by atoms with van der Waals surface area (Å²) in [4.78, 5) is 11.4. The highest BCUT2D eigenvalue weighted by atomic mass is 16.2. The molecule has 1 aromatic carbocycles. The molecule has 0 saturated carbocycles. The molecule has 0 saturated heterocycles. The van der Waals surface area contributed by atoms with Gasteiger partial charge in [-0.05, 0) is 12.0 Å². The third-order valence-corrected chi connectivity index (χ3v) is 2.26. The van der Waals surface area contributed by atoms with Crippen LogP contribution in [0.3, 0.4) is 0 Å². The first-order valence-corrected chi connectivity index (χ1v) is 5.37. The highest BCUT2D eigenvalue weighted by Gasteiger charge is 2.08. The summed E-state index contributed by atoms with van der Waals surface area (Å²) < 4.78 is 0. The molecule has 0 bridgehead atoms. The van der Waals surface area contributed by atoms with E-state index in [2.05, 4.69) is 5.43 Å². The van der Waals surface area contributed by atoms with Crippen molar-refractivity contribution >= 4 is 5.91 Å². The van der Waals surface area contributed by atoms with Crippen LogP contribution in [0.4, 0.5) is 0 Å². The third kappa shape index (κ3) is 4.42. The van der Waals surface area contributed by atoms with Crippen LogP contribution in [0.1, 0.15) is 24.4 Å². The number of carbonyl (C=O) groups is 1. The zero-order valence-electron chi connectivity index (χ0n) is 9.81. The van der Waals surface area contributed by atoms with Crippen LogP contribution < -0.4 is 11.2 Å². The number of nitrogens with zero attached hydrogens (tertiary/aromatic N) is 1. The lowest BCUT2D eigenvalue weighted by molar-refractivity contribution is -0.125. The average molecular weight is 221 g/mol. The molecule has 1 unspecified atom stereocenters. The van der Waals surface area contributed by atoms with Crippen molar-refractivity contribution in [3.8, 4) is 0 Å². The lowest BCUT2D eigenvalue weighted by Gasteiger charge is -2.14. The normalized spacial score (nSPS) is 12.5. The average Bonchev–Trinajstić information content (AvgIpc) is 2.26. The summed E-state index contributed by atoms with van der Waals surface area (Å²) in [6, 6.07) is 9.75. The predicted molar refractivity (Wildman–Crippen MR) is 64.4 cm³/mol. The van der Waals surface area contributed by atoms with Crippen LogP contribution in [0, 0.1) is 0 Å². The minimum Gasteiger partial charge on any atom is -0.324 e. The zero-order valence-corrected chi connectivity index (χ0v) is 9.81.